The quantitative estimate of drug-likeness (QED) is 0.600. The highest BCUT2D eigenvalue weighted by Gasteiger charge is 2.31. The van der Waals surface area contributed by atoms with E-state index < -0.39 is 0 Å². The van der Waals surface area contributed by atoms with Crippen molar-refractivity contribution in [3.63, 3.8) is 0 Å². The Morgan fingerprint density at radius 2 is 1.50 bits per heavy atom. The number of amides is 1. The zero-order valence-electron chi connectivity index (χ0n) is 16.5. The molecule has 0 spiro atoms. The van der Waals surface area contributed by atoms with Crippen LogP contribution in [0.3, 0.4) is 0 Å². The van der Waals surface area contributed by atoms with Crippen LogP contribution in [0.2, 0.25) is 0 Å². The number of carbonyl (C=O) groups is 1. The van der Waals surface area contributed by atoms with Crippen LogP contribution in [-0.2, 0) is 11.3 Å². The molecule has 3 aromatic carbocycles. The molecule has 1 aliphatic heterocycles. The van der Waals surface area contributed by atoms with E-state index in [-0.39, 0.29) is 11.9 Å². The summed E-state index contributed by atoms with van der Waals surface area (Å²) < 4.78 is 5.17. The van der Waals surface area contributed by atoms with E-state index in [0.717, 1.165) is 17.7 Å². The first-order valence-corrected chi connectivity index (χ1v) is 9.66. The third-order valence-corrected chi connectivity index (χ3v) is 4.96. The summed E-state index contributed by atoms with van der Waals surface area (Å²) in [6.45, 7) is 2.74. The third kappa shape index (κ3) is 5.23. The number of aryl methyl sites for hydroxylation is 1. The van der Waals surface area contributed by atoms with Gasteiger partial charge in [-0.2, -0.15) is 0 Å². The average molecular weight is 373 g/mol. The highest BCUT2D eigenvalue weighted by Crippen LogP contribution is 2.34. The summed E-state index contributed by atoms with van der Waals surface area (Å²) in [5.74, 6) is 1.07. The van der Waals surface area contributed by atoms with Gasteiger partial charge in [0.05, 0.1) is 13.2 Å². The topological polar surface area (TPSA) is 29.5 Å². The molecule has 0 N–H and O–H groups in total. The van der Waals surface area contributed by atoms with E-state index in [0.29, 0.717) is 13.0 Å². The van der Waals surface area contributed by atoms with Crippen molar-refractivity contribution >= 4 is 5.91 Å². The van der Waals surface area contributed by atoms with Gasteiger partial charge in [0, 0.05) is 13.0 Å². The molecule has 3 aromatic rings. The lowest BCUT2D eigenvalue weighted by molar-refractivity contribution is -0.129. The largest absolute Gasteiger partial charge is 0.497 e. The lowest BCUT2D eigenvalue weighted by atomic mass is 10.0. The molecule has 1 saturated heterocycles. The zero-order chi connectivity index (χ0) is 19.8. The summed E-state index contributed by atoms with van der Waals surface area (Å²) in [6, 6.07) is 28.6. The molecule has 1 heterocycles. The van der Waals surface area contributed by atoms with Crippen molar-refractivity contribution in [2.75, 3.05) is 7.11 Å². The molecule has 3 nitrogen and oxygen atoms in total. The molecule has 0 saturated carbocycles. The Hall–Kier alpha value is -3.07. The first kappa shape index (κ1) is 19.7. The number of ether oxygens (including phenoxy) is 1. The smallest absolute Gasteiger partial charge is 0.223 e. The SMILES string of the molecule is COc1ccc(CN2C(=O)CCC2c2ccccc2)cc1.Cc1ccccc1. The molecule has 1 amide bonds. The minimum atomic E-state index is 0.195. The highest BCUT2D eigenvalue weighted by molar-refractivity contribution is 5.79. The Bertz CT molecular complexity index is 860. The fourth-order valence-corrected chi connectivity index (χ4v) is 3.42. The van der Waals surface area contributed by atoms with Crippen molar-refractivity contribution < 1.29 is 9.53 Å². The molecular weight excluding hydrogens is 346 g/mol. The zero-order valence-corrected chi connectivity index (χ0v) is 16.5. The summed E-state index contributed by atoms with van der Waals surface area (Å²) in [7, 11) is 1.66. The van der Waals surface area contributed by atoms with Gasteiger partial charge < -0.3 is 9.64 Å². The van der Waals surface area contributed by atoms with E-state index in [9.17, 15) is 4.79 Å². The van der Waals surface area contributed by atoms with Gasteiger partial charge in [-0.3, -0.25) is 4.79 Å². The van der Waals surface area contributed by atoms with Crippen molar-refractivity contribution in [1.82, 2.24) is 4.90 Å². The molecule has 28 heavy (non-hydrogen) atoms. The van der Waals surface area contributed by atoms with E-state index in [1.165, 1.54) is 11.1 Å². The molecule has 0 aromatic heterocycles. The van der Waals surface area contributed by atoms with Crippen molar-refractivity contribution in [3.05, 3.63) is 102 Å². The molecule has 0 bridgehead atoms. The van der Waals surface area contributed by atoms with Gasteiger partial charge in [0.1, 0.15) is 5.75 Å². The van der Waals surface area contributed by atoms with Crippen molar-refractivity contribution in [1.29, 1.82) is 0 Å². The first-order valence-electron chi connectivity index (χ1n) is 9.66. The molecule has 1 fully saturated rings. The molecule has 0 aliphatic carbocycles. The predicted molar refractivity (Wildman–Crippen MR) is 113 cm³/mol. The van der Waals surface area contributed by atoms with Gasteiger partial charge in [0.15, 0.2) is 0 Å². The summed E-state index contributed by atoms with van der Waals surface area (Å²) in [5, 5.41) is 0. The summed E-state index contributed by atoms with van der Waals surface area (Å²) in [4.78, 5) is 14.2. The van der Waals surface area contributed by atoms with Crippen LogP contribution in [-0.4, -0.2) is 17.9 Å². The molecule has 0 radical (unpaired) electrons. The van der Waals surface area contributed by atoms with E-state index in [1.807, 2.05) is 65.6 Å². The molecule has 144 valence electrons. The summed E-state index contributed by atoms with van der Waals surface area (Å²) >= 11 is 0. The van der Waals surface area contributed by atoms with E-state index in [4.69, 9.17) is 4.74 Å². The van der Waals surface area contributed by atoms with Gasteiger partial charge >= 0.3 is 0 Å². The van der Waals surface area contributed by atoms with Crippen LogP contribution in [0.15, 0.2) is 84.9 Å². The Kier molecular flexibility index (Phi) is 6.85. The fourth-order valence-electron chi connectivity index (χ4n) is 3.42. The van der Waals surface area contributed by atoms with Crippen LogP contribution in [0.25, 0.3) is 0 Å². The van der Waals surface area contributed by atoms with Gasteiger partial charge in [-0.05, 0) is 36.6 Å². The maximum atomic E-state index is 12.2. The van der Waals surface area contributed by atoms with Crippen LogP contribution in [0.1, 0.15) is 35.6 Å². The number of nitrogens with zero attached hydrogens (tertiary/aromatic N) is 1. The van der Waals surface area contributed by atoms with Gasteiger partial charge in [-0.25, -0.2) is 0 Å². The number of rotatable bonds is 4. The molecule has 4 rings (SSSR count). The average Bonchev–Trinajstić information content (AvgIpc) is 3.10. The highest BCUT2D eigenvalue weighted by atomic mass is 16.5. The Morgan fingerprint density at radius 1 is 0.893 bits per heavy atom. The van der Waals surface area contributed by atoms with E-state index in [2.05, 4.69) is 31.2 Å². The number of methoxy groups -OCH3 is 1. The summed E-state index contributed by atoms with van der Waals surface area (Å²) in [6.07, 6.45) is 1.54. The van der Waals surface area contributed by atoms with Gasteiger partial charge in [-0.15, -0.1) is 0 Å². The van der Waals surface area contributed by atoms with E-state index >= 15 is 0 Å². The minimum absolute atomic E-state index is 0.195. The second kappa shape index (κ2) is 9.75. The number of carbonyl (C=O) groups excluding carboxylic acids is 1. The molecule has 1 aliphatic rings. The predicted octanol–water partition coefficient (Wildman–Crippen LogP) is 5.55. The lowest BCUT2D eigenvalue weighted by Gasteiger charge is -2.25. The molecule has 3 heteroatoms. The van der Waals surface area contributed by atoms with Gasteiger partial charge in [0.2, 0.25) is 5.91 Å². The third-order valence-electron chi connectivity index (χ3n) is 4.96. The molecule has 1 unspecified atom stereocenters. The number of likely N-dealkylation sites (tertiary alicyclic amines) is 1. The monoisotopic (exact) mass is 373 g/mol. The van der Waals surface area contributed by atoms with Crippen molar-refractivity contribution in [2.45, 2.75) is 32.4 Å². The lowest BCUT2D eigenvalue weighted by Crippen LogP contribution is -2.27. The maximum absolute atomic E-state index is 12.2. The maximum Gasteiger partial charge on any atom is 0.223 e. The van der Waals surface area contributed by atoms with Gasteiger partial charge in [0.25, 0.3) is 0 Å². The summed E-state index contributed by atoms with van der Waals surface area (Å²) in [5.41, 5.74) is 3.67. The molecular formula is C25H27NO2. The van der Waals surface area contributed by atoms with Gasteiger partial charge in [-0.1, -0.05) is 78.4 Å². The molecule has 1 atom stereocenters. The second-order valence-electron chi connectivity index (χ2n) is 6.99. The fraction of sp³-hybridized carbons (Fsp3) is 0.240. The van der Waals surface area contributed by atoms with Crippen LogP contribution >= 0.6 is 0 Å². The number of hydrogen-bond donors (Lipinski definition) is 0. The Labute approximate surface area is 167 Å². The second-order valence-corrected chi connectivity index (χ2v) is 6.99. The number of benzene rings is 3. The van der Waals surface area contributed by atoms with Crippen molar-refractivity contribution in [3.8, 4) is 5.75 Å². The normalized spacial score (nSPS) is 15.7. The van der Waals surface area contributed by atoms with E-state index in [1.54, 1.807) is 7.11 Å². The number of hydrogen-bond acceptors (Lipinski definition) is 2. The van der Waals surface area contributed by atoms with Crippen LogP contribution in [0, 0.1) is 6.92 Å². The Morgan fingerprint density at radius 3 is 2.04 bits per heavy atom. The van der Waals surface area contributed by atoms with Crippen LogP contribution in [0.5, 0.6) is 5.75 Å². The van der Waals surface area contributed by atoms with Crippen molar-refractivity contribution in [2.24, 2.45) is 0 Å². The minimum Gasteiger partial charge on any atom is -0.497 e. The van der Waals surface area contributed by atoms with Crippen LogP contribution in [0.4, 0.5) is 0 Å². The first-order chi connectivity index (χ1) is 13.7. The van der Waals surface area contributed by atoms with Crippen LogP contribution < -0.4 is 4.74 Å². The Balaban J connectivity index is 0.000000271. The standard InChI is InChI=1S/C18H19NO2.C7H8/c1-21-16-9-7-14(8-10-16)13-19-17(11-12-18(19)20)15-5-3-2-4-6-15;1-7-5-3-2-4-6-7/h2-10,17H,11-13H2,1H3;2-6H,1H3.